The quantitative estimate of drug-likeness (QED) is 0.288. The van der Waals surface area contributed by atoms with E-state index in [2.05, 4.69) is 10.6 Å². The number of hydrogen-bond donors (Lipinski definition) is 5. The maximum absolute atomic E-state index is 12.0. The number of amidine groups is 1. The van der Waals surface area contributed by atoms with Crippen LogP contribution in [0.4, 0.5) is 5.69 Å². The van der Waals surface area contributed by atoms with Crippen LogP contribution in [0.5, 0.6) is 5.75 Å². The molecule has 162 valence electrons. The fourth-order valence-corrected chi connectivity index (χ4v) is 3.28. The highest BCUT2D eigenvalue weighted by molar-refractivity contribution is 5.95. The standard InChI is InChI=1S/C22H28N4O3.ClH/c1-2-29-19-11-14(13-25-17-4-3-5-17)10-16(12-19)20(22(27)28)26-18-8-6-15(7-9-18)21(23)24;/h6-12,17,20,25-26H,2-5,13H2,1H3,(H3,23,24)(H,27,28);1H. The summed E-state index contributed by atoms with van der Waals surface area (Å²) in [5.41, 5.74) is 8.33. The summed E-state index contributed by atoms with van der Waals surface area (Å²) >= 11 is 0. The fourth-order valence-electron chi connectivity index (χ4n) is 3.28. The lowest BCUT2D eigenvalue weighted by molar-refractivity contribution is -0.138. The van der Waals surface area contributed by atoms with Crippen molar-refractivity contribution >= 4 is 29.9 Å². The lowest BCUT2D eigenvalue weighted by Crippen LogP contribution is -2.34. The summed E-state index contributed by atoms with van der Waals surface area (Å²) in [4.78, 5) is 12.0. The fraction of sp³-hybridized carbons (Fsp3) is 0.364. The number of carboxylic acids is 1. The molecule has 0 spiro atoms. The molecule has 0 amide bonds. The molecule has 1 saturated carbocycles. The predicted octanol–water partition coefficient (Wildman–Crippen LogP) is 3.67. The number of benzene rings is 2. The van der Waals surface area contributed by atoms with E-state index in [9.17, 15) is 9.90 Å². The van der Waals surface area contributed by atoms with Gasteiger partial charge in [-0.1, -0.05) is 12.5 Å². The van der Waals surface area contributed by atoms with Crippen LogP contribution < -0.4 is 21.1 Å². The summed E-state index contributed by atoms with van der Waals surface area (Å²) < 4.78 is 5.67. The molecule has 30 heavy (non-hydrogen) atoms. The number of aliphatic carboxylic acids is 1. The molecule has 1 atom stereocenters. The Bertz CT molecular complexity index is 869. The first-order valence-electron chi connectivity index (χ1n) is 9.90. The predicted molar refractivity (Wildman–Crippen MR) is 121 cm³/mol. The average Bonchev–Trinajstić information content (AvgIpc) is 2.65. The van der Waals surface area contributed by atoms with E-state index < -0.39 is 12.0 Å². The molecule has 0 saturated heterocycles. The Labute approximate surface area is 182 Å². The zero-order valence-corrected chi connectivity index (χ0v) is 17.8. The van der Waals surface area contributed by atoms with E-state index in [4.69, 9.17) is 15.9 Å². The van der Waals surface area contributed by atoms with Crippen LogP contribution in [-0.2, 0) is 11.3 Å². The number of nitrogens with one attached hydrogen (secondary N) is 3. The number of carboxylic acid groups (broad SMARTS) is 1. The summed E-state index contributed by atoms with van der Waals surface area (Å²) in [6.07, 6.45) is 3.64. The Morgan fingerprint density at radius 3 is 2.50 bits per heavy atom. The van der Waals surface area contributed by atoms with E-state index in [0.717, 1.165) is 5.56 Å². The van der Waals surface area contributed by atoms with Crippen LogP contribution in [0.1, 0.15) is 48.9 Å². The molecule has 1 aliphatic rings. The van der Waals surface area contributed by atoms with Crippen LogP contribution in [0.25, 0.3) is 0 Å². The van der Waals surface area contributed by atoms with Crippen LogP contribution in [0.15, 0.2) is 42.5 Å². The van der Waals surface area contributed by atoms with Crippen LogP contribution in [0.2, 0.25) is 0 Å². The maximum Gasteiger partial charge on any atom is 0.330 e. The molecular weight excluding hydrogens is 404 g/mol. The van der Waals surface area contributed by atoms with Crippen molar-refractivity contribution in [1.29, 1.82) is 5.41 Å². The highest BCUT2D eigenvalue weighted by atomic mass is 35.5. The van der Waals surface area contributed by atoms with Crippen molar-refractivity contribution in [2.75, 3.05) is 11.9 Å². The summed E-state index contributed by atoms with van der Waals surface area (Å²) in [5, 5.41) is 23.9. The zero-order valence-electron chi connectivity index (χ0n) is 17.0. The number of hydrogen-bond acceptors (Lipinski definition) is 5. The highest BCUT2D eigenvalue weighted by Gasteiger charge is 2.22. The third-order valence-corrected chi connectivity index (χ3v) is 5.09. The number of carbonyl (C=O) groups is 1. The Morgan fingerprint density at radius 1 is 1.27 bits per heavy atom. The van der Waals surface area contributed by atoms with Gasteiger partial charge in [0.1, 0.15) is 11.6 Å². The second kappa shape index (κ2) is 10.8. The molecule has 2 aromatic rings. The maximum atomic E-state index is 12.0. The van der Waals surface area contributed by atoms with Crippen molar-refractivity contribution in [2.45, 2.75) is 44.8 Å². The minimum atomic E-state index is -0.979. The van der Waals surface area contributed by atoms with E-state index in [0.29, 0.717) is 41.8 Å². The van der Waals surface area contributed by atoms with Crippen molar-refractivity contribution in [2.24, 2.45) is 5.73 Å². The zero-order chi connectivity index (χ0) is 20.8. The van der Waals surface area contributed by atoms with Gasteiger partial charge in [0.2, 0.25) is 0 Å². The van der Waals surface area contributed by atoms with Gasteiger partial charge in [0.25, 0.3) is 0 Å². The molecule has 0 heterocycles. The van der Waals surface area contributed by atoms with Crippen LogP contribution >= 0.6 is 12.4 Å². The number of halogens is 1. The van der Waals surface area contributed by atoms with Gasteiger partial charge in [0.15, 0.2) is 6.04 Å². The minimum Gasteiger partial charge on any atom is -0.494 e. The summed E-state index contributed by atoms with van der Waals surface area (Å²) in [7, 11) is 0. The molecule has 7 nitrogen and oxygen atoms in total. The monoisotopic (exact) mass is 432 g/mol. The van der Waals surface area contributed by atoms with E-state index >= 15 is 0 Å². The first-order valence-corrected chi connectivity index (χ1v) is 9.90. The Balaban J connectivity index is 0.00000320. The third kappa shape index (κ3) is 6.11. The molecule has 2 aromatic carbocycles. The number of ether oxygens (including phenoxy) is 1. The third-order valence-electron chi connectivity index (χ3n) is 5.09. The molecule has 0 bridgehead atoms. The van der Waals surface area contributed by atoms with E-state index in [1.807, 2.05) is 19.1 Å². The van der Waals surface area contributed by atoms with Gasteiger partial charge >= 0.3 is 5.97 Å². The Hall–Kier alpha value is -2.77. The molecule has 8 heteroatoms. The van der Waals surface area contributed by atoms with Gasteiger partial charge in [-0.3, -0.25) is 5.41 Å². The average molecular weight is 433 g/mol. The SMILES string of the molecule is CCOc1cc(CNC2CCC2)cc(C(Nc2ccc(C(=N)N)cc2)C(=O)O)c1.Cl. The van der Waals surface area contributed by atoms with Gasteiger partial charge in [-0.05, 0) is 67.3 Å². The molecule has 3 rings (SSSR count). The Morgan fingerprint density at radius 2 is 1.97 bits per heavy atom. The lowest BCUT2D eigenvalue weighted by Gasteiger charge is -2.27. The number of nitrogens with two attached hydrogens (primary N) is 1. The van der Waals surface area contributed by atoms with Crippen LogP contribution in [0.3, 0.4) is 0 Å². The van der Waals surface area contributed by atoms with Gasteiger partial charge in [0, 0.05) is 23.8 Å². The highest BCUT2D eigenvalue weighted by Crippen LogP contribution is 2.27. The largest absolute Gasteiger partial charge is 0.494 e. The van der Waals surface area contributed by atoms with Gasteiger partial charge in [-0.15, -0.1) is 12.4 Å². The summed E-state index contributed by atoms with van der Waals surface area (Å²) in [6, 6.07) is 12.1. The topological polar surface area (TPSA) is 120 Å². The smallest absolute Gasteiger partial charge is 0.330 e. The van der Waals surface area contributed by atoms with Crippen molar-refractivity contribution in [3.8, 4) is 5.75 Å². The minimum absolute atomic E-state index is 0. The molecule has 1 aliphatic carbocycles. The van der Waals surface area contributed by atoms with Crippen molar-refractivity contribution in [3.05, 3.63) is 59.2 Å². The number of nitrogen functional groups attached to an aromatic ring is 1. The molecule has 6 N–H and O–H groups in total. The van der Waals surface area contributed by atoms with E-state index in [1.54, 1.807) is 30.3 Å². The van der Waals surface area contributed by atoms with Crippen molar-refractivity contribution in [1.82, 2.24) is 5.32 Å². The second-order valence-corrected chi connectivity index (χ2v) is 7.26. The van der Waals surface area contributed by atoms with Crippen molar-refractivity contribution < 1.29 is 14.6 Å². The lowest BCUT2D eigenvalue weighted by atomic mass is 9.93. The first-order chi connectivity index (χ1) is 14.0. The molecule has 0 radical (unpaired) electrons. The molecule has 1 fully saturated rings. The summed E-state index contributed by atoms with van der Waals surface area (Å²) in [5.74, 6) is -0.345. The van der Waals surface area contributed by atoms with Crippen molar-refractivity contribution in [3.63, 3.8) is 0 Å². The van der Waals surface area contributed by atoms with Gasteiger partial charge in [-0.25, -0.2) is 4.79 Å². The van der Waals surface area contributed by atoms with E-state index in [-0.39, 0.29) is 18.2 Å². The molecule has 0 aromatic heterocycles. The van der Waals surface area contributed by atoms with Gasteiger partial charge in [-0.2, -0.15) is 0 Å². The van der Waals surface area contributed by atoms with Crippen LogP contribution in [-0.4, -0.2) is 29.6 Å². The number of rotatable bonds is 10. The normalized spacial score (nSPS) is 14.2. The van der Waals surface area contributed by atoms with Gasteiger partial charge in [0.05, 0.1) is 6.61 Å². The Kier molecular flexibility index (Phi) is 8.50. The molecule has 0 aliphatic heterocycles. The van der Waals surface area contributed by atoms with Crippen LogP contribution in [0, 0.1) is 5.41 Å². The van der Waals surface area contributed by atoms with Gasteiger partial charge < -0.3 is 26.2 Å². The van der Waals surface area contributed by atoms with E-state index in [1.165, 1.54) is 19.3 Å². The number of anilines is 1. The first kappa shape index (κ1) is 23.5. The molecular formula is C22H29ClN4O3. The molecule has 1 unspecified atom stereocenters. The second-order valence-electron chi connectivity index (χ2n) is 7.26. The summed E-state index contributed by atoms with van der Waals surface area (Å²) in [6.45, 7) is 3.09.